The maximum absolute atomic E-state index is 14.0. The fourth-order valence-corrected chi connectivity index (χ4v) is 5.34. The Morgan fingerprint density at radius 3 is 2.42 bits per heavy atom. The van der Waals surface area contributed by atoms with Crippen molar-refractivity contribution >= 4 is 40.7 Å². The topological polar surface area (TPSA) is 132 Å². The highest BCUT2D eigenvalue weighted by Crippen LogP contribution is 2.34. The van der Waals surface area contributed by atoms with Crippen LogP contribution in [-0.2, 0) is 19.1 Å². The molecule has 2 atom stereocenters. The summed E-state index contributed by atoms with van der Waals surface area (Å²) in [5.41, 5.74) is 1.06. The van der Waals surface area contributed by atoms with Crippen LogP contribution in [0.15, 0.2) is 60.0 Å². The molecule has 0 radical (unpaired) electrons. The van der Waals surface area contributed by atoms with Crippen LogP contribution in [0.25, 0.3) is 0 Å². The van der Waals surface area contributed by atoms with Gasteiger partial charge in [-0.25, -0.2) is 4.79 Å². The van der Waals surface area contributed by atoms with Crippen LogP contribution in [-0.4, -0.2) is 70.3 Å². The lowest BCUT2D eigenvalue weighted by atomic mass is 10.0. The van der Waals surface area contributed by atoms with Crippen LogP contribution in [0.1, 0.15) is 51.4 Å². The summed E-state index contributed by atoms with van der Waals surface area (Å²) in [4.78, 5) is 54.7. The normalized spacial score (nSPS) is 14.8. The Labute approximate surface area is 254 Å². The lowest BCUT2D eigenvalue weighted by Crippen LogP contribution is -2.48. The number of anilines is 1. The van der Waals surface area contributed by atoms with Gasteiger partial charge >= 0.3 is 5.97 Å². The molecule has 3 aromatic rings. The highest BCUT2D eigenvalue weighted by atomic mass is 32.1. The fourth-order valence-electron chi connectivity index (χ4n) is 4.70. The first kappa shape index (κ1) is 31.5. The van der Waals surface area contributed by atoms with Crippen molar-refractivity contribution in [1.29, 1.82) is 0 Å². The number of esters is 1. The Bertz CT molecular complexity index is 1400. The number of rotatable bonds is 13. The number of nitrogens with zero attached hydrogens (tertiary/aromatic N) is 1. The fraction of sp³-hybridized carbons (Fsp3) is 0.355. The summed E-state index contributed by atoms with van der Waals surface area (Å²) in [6.45, 7) is 2.42. The molecule has 1 aliphatic heterocycles. The van der Waals surface area contributed by atoms with Gasteiger partial charge in [-0.1, -0.05) is 12.1 Å². The van der Waals surface area contributed by atoms with Crippen molar-refractivity contribution in [2.45, 2.75) is 31.9 Å². The SMILES string of the molecule is CCOC(=O)c1ccc(N(C(=O)CNC(=O)c2cccs2)[C@@H](C(=O)NC[C@@H]2CCCO2)c2ccc(OC)c(OC)c2)cc1. The Kier molecular flexibility index (Phi) is 11.1. The smallest absolute Gasteiger partial charge is 0.338 e. The molecule has 0 saturated carbocycles. The van der Waals surface area contributed by atoms with Crippen molar-refractivity contribution < 1.29 is 38.1 Å². The molecule has 2 N–H and O–H groups in total. The standard InChI is InChI=1S/C31H35N3O8S/c1-4-41-31(38)20-9-12-22(13-10-20)34(27(35)19-33-29(36)26-8-6-16-43-26)28(30(37)32-18-23-7-5-15-42-23)21-11-14-24(39-2)25(17-21)40-3/h6,8-14,16-17,23,28H,4-5,7,15,18-19H2,1-3H3,(H,32,37)(H,33,36)/t23-,28+/m0/s1. The van der Waals surface area contributed by atoms with Crippen LogP contribution in [0, 0.1) is 0 Å². The van der Waals surface area contributed by atoms with Crippen LogP contribution in [0.3, 0.4) is 0 Å². The average Bonchev–Trinajstić information content (AvgIpc) is 3.76. The third kappa shape index (κ3) is 7.90. The van der Waals surface area contributed by atoms with E-state index in [-0.39, 0.29) is 31.4 Å². The Morgan fingerprint density at radius 2 is 1.79 bits per heavy atom. The van der Waals surface area contributed by atoms with E-state index in [1.807, 2.05) is 0 Å². The average molecular weight is 610 g/mol. The molecule has 1 saturated heterocycles. The van der Waals surface area contributed by atoms with Gasteiger partial charge < -0.3 is 29.6 Å². The number of thiophene rings is 1. The Morgan fingerprint density at radius 1 is 1.02 bits per heavy atom. The quantitative estimate of drug-likeness (QED) is 0.280. The highest BCUT2D eigenvalue weighted by Gasteiger charge is 2.34. The van der Waals surface area contributed by atoms with E-state index < -0.39 is 29.7 Å². The molecule has 11 nitrogen and oxygen atoms in total. The van der Waals surface area contributed by atoms with E-state index in [1.165, 1.54) is 42.6 Å². The van der Waals surface area contributed by atoms with Crippen molar-refractivity contribution in [2.24, 2.45) is 0 Å². The van der Waals surface area contributed by atoms with Gasteiger partial charge in [-0.05, 0) is 73.2 Å². The summed E-state index contributed by atoms with van der Waals surface area (Å²) < 4.78 is 21.6. The molecule has 1 aliphatic rings. The van der Waals surface area contributed by atoms with Crippen molar-refractivity contribution in [3.8, 4) is 11.5 Å². The minimum absolute atomic E-state index is 0.131. The predicted octanol–water partition coefficient (Wildman–Crippen LogP) is 3.74. The van der Waals surface area contributed by atoms with Gasteiger partial charge in [0.1, 0.15) is 6.04 Å². The van der Waals surface area contributed by atoms with Gasteiger partial charge in [-0.3, -0.25) is 19.3 Å². The number of carbonyl (C=O) groups excluding carboxylic acids is 4. The second-order valence-electron chi connectivity index (χ2n) is 9.59. The van der Waals surface area contributed by atoms with Crippen molar-refractivity contribution in [2.75, 3.05) is 45.4 Å². The van der Waals surface area contributed by atoms with Gasteiger partial charge in [0, 0.05) is 18.8 Å². The molecule has 4 rings (SSSR count). The zero-order valence-electron chi connectivity index (χ0n) is 24.3. The summed E-state index contributed by atoms with van der Waals surface area (Å²) >= 11 is 1.25. The van der Waals surface area contributed by atoms with Crippen LogP contribution in [0.4, 0.5) is 5.69 Å². The van der Waals surface area contributed by atoms with E-state index in [0.717, 1.165) is 12.8 Å². The first-order valence-electron chi connectivity index (χ1n) is 13.9. The van der Waals surface area contributed by atoms with E-state index in [9.17, 15) is 19.2 Å². The second kappa shape index (κ2) is 15.2. The molecule has 1 fully saturated rings. The molecular weight excluding hydrogens is 574 g/mol. The molecule has 0 aliphatic carbocycles. The summed E-state index contributed by atoms with van der Waals surface area (Å²) in [6.07, 6.45) is 1.59. The van der Waals surface area contributed by atoms with E-state index in [0.29, 0.717) is 34.2 Å². The van der Waals surface area contributed by atoms with Gasteiger partial charge in [0.15, 0.2) is 11.5 Å². The Balaban J connectivity index is 1.73. The maximum Gasteiger partial charge on any atom is 0.338 e. The second-order valence-corrected chi connectivity index (χ2v) is 10.5. The number of hydrogen-bond donors (Lipinski definition) is 2. The van der Waals surface area contributed by atoms with Crippen LogP contribution in [0.2, 0.25) is 0 Å². The van der Waals surface area contributed by atoms with Gasteiger partial charge in [-0.15, -0.1) is 11.3 Å². The van der Waals surface area contributed by atoms with Crippen LogP contribution < -0.4 is 25.0 Å². The summed E-state index contributed by atoms with van der Waals surface area (Å²) in [5, 5.41) is 7.36. The molecule has 43 heavy (non-hydrogen) atoms. The van der Waals surface area contributed by atoms with Gasteiger partial charge in [0.2, 0.25) is 11.8 Å². The number of carbonyl (C=O) groups is 4. The first-order valence-corrected chi connectivity index (χ1v) is 14.8. The summed E-state index contributed by atoms with van der Waals surface area (Å²) in [5.74, 6) is -1.12. The maximum atomic E-state index is 14.0. The minimum Gasteiger partial charge on any atom is -0.493 e. The largest absolute Gasteiger partial charge is 0.493 e. The van der Waals surface area contributed by atoms with E-state index >= 15 is 0 Å². The van der Waals surface area contributed by atoms with Crippen molar-refractivity contribution in [3.63, 3.8) is 0 Å². The first-order chi connectivity index (χ1) is 20.9. The van der Waals surface area contributed by atoms with Crippen LogP contribution >= 0.6 is 11.3 Å². The molecular formula is C31H35N3O8S. The third-order valence-electron chi connectivity index (χ3n) is 6.83. The van der Waals surface area contributed by atoms with Crippen molar-refractivity contribution in [1.82, 2.24) is 10.6 Å². The van der Waals surface area contributed by atoms with Crippen molar-refractivity contribution in [3.05, 3.63) is 76.0 Å². The highest BCUT2D eigenvalue weighted by molar-refractivity contribution is 7.12. The molecule has 0 unspecified atom stereocenters. The van der Waals surface area contributed by atoms with Crippen LogP contribution in [0.5, 0.6) is 11.5 Å². The lowest BCUT2D eigenvalue weighted by Gasteiger charge is -2.32. The number of benzene rings is 2. The monoisotopic (exact) mass is 609 g/mol. The molecule has 228 valence electrons. The molecule has 0 spiro atoms. The third-order valence-corrected chi connectivity index (χ3v) is 7.70. The number of amides is 3. The summed E-state index contributed by atoms with van der Waals surface area (Å²) in [7, 11) is 2.98. The zero-order valence-corrected chi connectivity index (χ0v) is 25.1. The zero-order chi connectivity index (χ0) is 30.8. The minimum atomic E-state index is -1.18. The van der Waals surface area contributed by atoms with E-state index in [2.05, 4.69) is 10.6 Å². The van der Waals surface area contributed by atoms with E-state index in [1.54, 1.807) is 54.8 Å². The number of methoxy groups -OCH3 is 2. The Hall–Kier alpha value is -4.42. The van der Waals surface area contributed by atoms with Gasteiger partial charge in [0.25, 0.3) is 5.91 Å². The van der Waals surface area contributed by atoms with Gasteiger partial charge in [-0.2, -0.15) is 0 Å². The number of ether oxygens (including phenoxy) is 4. The molecule has 12 heteroatoms. The molecule has 1 aromatic heterocycles. The number of nitrogens with one attached hydrogen (secondary N) is 2. The molecule has 3 amide bonds. The number of hydrogen-bond acceptors (Lipinski definition) is 9. The predicted molar refractivity (Wildman–Crippen MR) is 161 cm³/mol. The molecule has 2 aromatic carbocycles. The van der Waals surface area contributed by atoms with E-state index in [4.69, 9.17) is 18.9 Å². The van der Waals surface area contributed by atoms with Gasteiger partial charge in [0.05, 0.1) is 43.9 Å². The summed E-state index contributed by atoms with van der Waals surface area (Å²) in [6, 6.07) is 13.3. The molecule has 0 bridgehead atoms. The lowest BCUT2D eigenvalue weighted by molar-refractivity contribution is -0.126. The molecule has 2 heterocycles.